The number of ether oxygens (including phenoxy) is 2. The van der Waals surface area contributed by atoms with Crippen LogP contribution in [0.5, 0.6) is 11.8 Å². The predicted octanol–water partition coefficient (Wildman–Crippen LogP) is 2.12. The number of amides is 1. The highest BCUT2D eigenvalue weighted by atomic mass is 16.5. The van der Waals surface area contributed by atoms with Gasteiger partial charge < -0.3 is 29.5 Å². The third-order valence-corrected chi connectivity index (χ3v) is 5.29. The van der Waals surface area contributed by atoms with E-state index in [0.29, 0.717) is 29.6 Å². The van der Waals surface area contributed by atoms with Crippen LogP contribution in [-0.4, -0.2) is 69.2 Å². The van der Waals surface area contributed by atoms with Gasteiger partial charge in [0, 0.05) is 17.8 Å². The van der Waals surface area contributed by atoms with Crippen LogP contribution in [0.4, 0.5) is 0 Å². The number of hydrogen-bond donors (Lipinski definition) is 3. The Balaban J connectivity index is 1.81. The summed E-state index contributed by atoms with van der Waals surface area (Å²) in [5, 5.41) is 25.4. The third-order valence-electron chi connectivity index (χ3n) is 5.29. The van der Waals surface area contributed by atoms with Gasteiger partial charge in [-0.1, -0.05) is 25.9 Å². The second kappa shape index (κ2) is 12.4. The van der Waals surface area contributed by atoms with Crippen LogP contribution in [0.15, 0.2) is 22.7 Å². The van der Waals surface area contributed by atoms with Crippen molar-refractivity contribution >= 4 is 5.91 Å². The zero-order valence-electron chi connectivity index (χ0n) is 21.2. The molecule has 2 aromatic heterocycles. The summed E-state index contributed by atoms with van der Waals surface area (Å²) in [5.41, 5.74) is 3.82. The number of hydrogen-bond acceptors (Lipinski definition) is 10. The van der Waals surface area contributed by atoms with Crippen LogP contribution in [0, 0.1) is 12.8 Å². The Morgan fingerprint density at radius 2 is 1.97 bits per heavy atom. The standard InChI is InChI=1S/C25H33N5O6/c1-6-16-9-17(8-15(4)22(16)35-13-19(32)11-26-21(33)12-31)23-29-24(36-30-23)20-10-18(7-14(2)3)27-25(28-20)34-5/h8-10,14,19,31-32H,6-7,11-13H2,1-5H3,(H,26,33). The van der Waals surface area contributed by atoms with Crippen molar-refractivity contribution in [3.63, 3.8) is 0 Å². The second-order valence-corrected chi connectivity index (χ2v) is 8.81. The molecule has 1 aromatic carbocycles. The maximum Gasteiger partial charge on any atom is 0.317 e. The van der Waals surface area contributed by atoms with Gasteiger partial charge in [0.25, 0.3) is 5.89 Å². The molecule has 0 fully saturated rings. The summed E-state index contributed by atoms with van der Waals surface area (Å²) in [4.78, 5) is 24.5. The number of aliphatic hydroxyl groups is 2. The molecular formula is C25H33N5O6. The minimum atomic E-state index is -0.922. The van der Waals surface area contributed by atoms with Crippen LogP contribution in [0.2, 0.25) is 0 Å². The zero-order chi connectivity index (χ0) is 26.2. The van der Waals surface area contributed by atoms with Crippen molar-refractivity contribution < 1.29 is 29.0 Å². The predicted molar refractivity (Wildman–Crippen MR) is 132 cm³/mol. The van der Waals surface area contributed by atoms with Crippen molar-refractivity contribution in [3.8, 4) is 34.7 Å². The molecule has 2 heterocycles. The van der Waals surface area contributed by atoms with Crippen molar-refractivity contribution in [2.75, 3.05) is 26.9 Å². The van der Waals surface area contributed by atoms with Gasteiger partial charge in [0.1, 0.15) is 30.8 Å². The number of aryl methyl sites for hydroxylation is 2. The molecule has 0 bridgehead atoms. The van der Waals surface area contributed by atoms with Gasteiger partial charge in [-0.05, 0) is 55.0 Å². The lowest BCUT2D eigenvalue weighted by atomic mass is 10.0. The first-order chi connectivity index (χ1) is 17.2. The van der Waals surface area contributed by atoms with Gasteiger partial charge in [-0.2, -0.15) is 9.97 Å². The fourth-order valence-electron chi connectivity index (χ4n) is 3.61. The SMILES string of the molecule is CCc1cc(-c2noc(-c3cc(CC(C)C)nc(OC)n3)n2)cc(C)c1OCC(O)CNC(=O)CO. The van der Waals surface area contributed by atoms with Gasteiger partial charge in [0.05, 0.1) is 7.11 Å². The normalized spacial score (nSPS) is 12.0. The maximum absolute atomic E-state index is 11.2. The molecule has 3 aromatic rings. The largest absolute Gasteiger partial charge is 0.490 e. The molecule has 11 nitrogen and oxygen atoms in total. The molecule has 11 heteroatoms. The lowest BCUT2D eigenvalue weighted by Gasteiger charge is -2.17. The van der Waals surface area contributed by atoms with Crippen molar-refractivity contribution in [2.45, 2.75) is 46.6 Å². The topological polar surface area (TPSA) is 153 Å². The van der Waals surface area contributed by atoms with E-state index in [0.717, 1.165) is 28.8 Å². The highest BCUT2D eigenvalue weighted by molar-refractivity contribution is 5.76. The number of benzene rings is 1. The Labute approximate surface area is 209 Å². The van der Waals surface area contributed by atoms with Crippen LogP contribution < -0.4 is 14.8 Å². The molecule has 1 unspecified atom stereocenters. The van der Waals surface area contributed by atoms with E-state index in [-0.39, 0.29) is 25.1 Å². The van der Waals surface area contributed by atoms with E-state index in [4.69, 9.17) is 19.1 Å². The fraction of sp³-hybridized carbons (Fsp3) is 0.480. The summed E-state index contributed by atoms with van der Waals surface area (Å²) < 4.78 is 16.6. The van der Waals surface area contributed by atoms with E-state index in [1.54, 1.807) is 0 Å². The van der Waals surface area contributed by atoms with Crippen LogP contribution in [-0.2, 0) is 17.6 Å². The number of rotatable bonds is 12. The number of carbonyl (C=O) groups excluding carboxylic acids is 1. The number of nitrogens with zero attached hydrogens (tertiary/aromatic N) is 4. The van der Waals surface area contributed by atoms with Gasteiger partial charge in [0.2, 0.25) is 11.7 Å². The summed E-state index contributed by atoms with van der Waals surface area (Å²) in [7, 11) is 1.51. The minimum Gasteiger partial charge on any atom is -0.490 e. The number of aliphatic hydroxyl groups excluding tert-OH is 2. The highest BCUT2D eigenvalue weighted by Crippen LogP contribution is 2.31. The van der Waals surface area contributed by atoms with E-state index in [1.807, 2.05) is 32.0 Å². The van der Waals surface area contributed by atoms with Crippen LogP contribution in [0.1, 0.15) is 37.6 Å². The summed E-state index contributed by atoms with van der Waals surface area (Å²) in [5.74, 6) is 1.17. The molecule has 0 spiro atoms. The first-order valence-corrected chi connectivity index (χ1v) is 11.8. The third kappa shape index (κ3) is 6.98. The number of methoxy groups -OCH3 is 1. The summed E-state index contributed by atoms with van der Waals surface area (Å²) in [6, 6.07) is 5.87. The second-order valence-electron chi connectivity index (χ2n) is 8.81. The van der Waals surface area contributed by atoms with Crippen molar-refractivity contribution in [2.24, 2.45) is 5.92 Å². The van der Waals surface area contributed by atoms with Gasteiger partial charge in [-0.25, -0.2) is 4.98 Å². The van der Waals surface area contributed by atoms with Gasteiger partial charge >= 0.3 is 6.01 Å². The molecule has 0 radical (unpaired) electrons. The van der Waals surface area contributed by atoms with E-state index < -0.39 is 18.6 Å². The molecule has 0 saturated heterocycles. The number of carbonyl (C=O) groups is 1. The van der Waals surface area contributed by atoms with Crippen molar-refractivity contribution in [1.82, 2.24) is 25.4 Å². The summed E-state index contributed by atoms with van der Waals surface area (Å²) in [6.45, 7) is 7.44. The monoisotopic (exact) mass is 499 g/mol. The summed E-state index contributed by atoms with van der Waals surface area (Å²) >= 11 is 0. The van der Waals surface area contributed by atoms with E-state index >= 15 is 0 Å². The van der Waals surface area contributed by atoms with E-state index in [2.05, 4.69) is 39.3 Å². The molecule has 3 N–H and O–H groups in total. The lowest BCUT2D eigenvalue weighted by Crippen LogP contribution is -2.36. The van der Waals surface area contributed by atoms with Crippen LogP contribution in [0.25, 0.3) is 23.0 Å². The van der Waals surface area contributed by atoms with Gasteiger partial charge in [-0.15, -0.1) is 0 Å². The molecule has 0 aliphatic carbocycles. The molecule has 3 rings (SSSR count). The number of aromatic nitrogens is 4. The molecular weight excluding hydrogens is 466 g/mol. The first kappa shape index (κ1) is 27.0. The van der Waals surface area contributed by atoms with Crippen LogP contribution in [0.3, 0.4) is 0 Å². The van der Waals surface area contributed by atoms with Gasteiger partial charge in [0.15, 0.2) is 0 Å². The maximum atomic E-state index is 11.2. The van der Waals surface area contributed by atoms with E-state index in [1.165, 1.54) is 7.11 Å². The van der Waals surface area contributed by atoms with Crippen LogP contribution >= 0.6 is 0 Å². The molecule has 1 amide bonds. The average molecular weight is 500 g/mol. The minimum absolute atomic E-state index is 0.0144. The Morgan fingerprint density at radius 3 is 2.64 bits per heavy atom. The molecule has 194 valence electrons. The zero-order valence-corrected chi connectivity index (χ0v) is 21.2. The quantitative estimate of drug-likeness (QED) is 0.338. The number of nitrogens with one attached hydrogen (secondary N) is 1. The molecule has 0 aliphatic rings. The molecule has 1 atom stereocenters. The Bertz CT molecular complexity index is 1180. The smallest absolute Gasteiger partial charge is 0.317 e. The highest BCUT2D eigenvalue weighted by Gasteiger charge is 2.18. The van der Waals surface area contributed by atoms with Gasteiger partial charge in [-0.3, -0.25) is 4.79 Å². The Morgan fingerprint density at radius 1 is 1.19 bits per heavy atom. The fourth-order valence-corrected chi connectivity index (χ4v) is 3.61. The molecule has 0 aliphatic heterocycles. The lowest BCUT2D eigenvalue weighted by molar-refractivity contribution is -0.124. The van der Waals surface area contributed by atoms with Crippen molar-refractivity contribution in [1.29, 1.82) is 0 Å². The Kier molecular flexibility index (Phi) is 9.31. The first-order valence-electron chi connectivity index (χ1n) is 11.8. The van der Waals surface area contributed by atoms with E-state index in [9.17, 15) is 9.90 Å². The molecule has 36 heavy (non-hydrogen) atoms. The molecule has 0 saturated carbocycles. The Hall–Kier alpha value is -3.57. The van der Waals surface area contributed by atoms with Crippen molar-refractivity contribution in [3.05, 3.63) is 35.0 Å². The summed E-state index contributed by atoms with van der Waals surface area (Å²) in [6.07, 6.45) is 0.512. The average Bonchev–Trinajstić information content (AvgIpc) is 3.36.